The highest BCUT2D eigenvalue weighted by atomic mass is 19.1. The number of hydrogen-bond acceptors (Lipinski definition) is 6. The number of halogens is 2. The molecule has 4 fully saturated rings. The fraction of sp³-hybridized carbons (Fsp3) is 0.760. The second-order valence-electron chi connectivity index (χ2n) is 10.9. The summed E-state index contributed by atoms with van der Waals surface area (Å²) >= 11 is 0. The van der Waals surface area contributed by atoms with Crippen molar-refractivity contribution in [3.63, 3.8) is 0 Å². The minimum Gasteiger partial charge on any atom is -0.390 e. The second kappa shape index (κ2) is 7.26. The third-order valence-corrected chi connectivity index (χ3v) is 9.50. The average Bonchev–Trinajstić information content (AvgIpc) is 3.24. The van der Waals surface area contributed by atoms with Crippen molar-refractivity contribution < 1.29 is 38.1 Å². The number of aliphatic hydroxyl groups is 2. The van der Waals surface area contributed by atoms with Crippen LogP contribution >= 0.6 is 0 Å². The molecule has 0 aromatic carbocycles. The Labute approximate surface area is 192 Å². The van der Waals surface area contributed by atoms with Gasteiger partial charge in [-0.2, -0.15) is 0 Å². The van der Waals surface area contributed by atoms with Crippen LogP contribution in [0, 0.1) is 22.7 Å². The van der Waals surface area contributed by atoms with E-state index in [2.05, 4.69) is 0 Å². The SMILES string of the molecule is CCCC1O[C@@H]2CC3C4C[C@H](F)C5=CC(=O)C=C[C@]5(C)[C@@]4(F)[C@@H](O)C[C@]3(C)[C@]2(C(=O)CO)O1. The lowest BCUT2D eigenvalue weighted by atomic mass is 9.44. The van der Waals surface area contributed by atoms with Gasteiger partial charge in [-0.1, -0.05) is 26.3 Å². The van der Waals surface area contributed by atoms with Crippen molar-refractivity contribution >= 4 is 11.6 Å². The Bertz CT molecular complexity index is 949. The van der Waals surface area contributed by atoms with Crippen molar-refractivity contribution in [3.8, 4) is 0 Å². The summed E-state index contributed by atoms with van der Waals surface area (Å²) in [6.45, 7) is 4.53. The molecule has 0 bridgehead atoms. The van der Waals surface area contributed by atoms with Crippen LogP contribution in [0.2, 0.25) is 0 Å². The summed E-state index contributed by atoms with van der Waals surface area (Å²) in [7, 11) is 0. The average molecular weight is 467 g/mol. The van der Waals surface area contributed by atoms with E-state index in [1.54, 1.807) is 13.8 Å². The number of Topliss-reactive ketones (excluding diaryl/α,β-unsaturated/α-hetero) is 1. The van der Waals surface area contributed by atoms with Gasteiger partial charge in [0.2, 0.25) is 0 Å². The van der Waals surface area contributed by atoms with Gasteiger partial charge < -0.3 is 19.7 Å². The van der Waals surface area contributed by atoms with Crippen molar-refractivity contribution in [2.75, 3.05) is 6.61 Å². The summed E-state index contributed by atoms with van der Waals surface area (Å²) in [4.78, 5) is 25.1. The van der Waals surface area contributed by atoms with Gasteiger partial charge in [0.15, 0.2) is 29.1 Å². The first kappa shape index (κ1) is 23.3. The molecule has 3 saturated carbocycles. The highest BCUT2D eigenvalue weighted by molar-refractivity contribution is 6.01. The number of ether oxygens (including phenoxy) is 2. The molecular weight excluding hydrogens is 434 g/mol. The van der Waals surface area contributed by atoms with Crippen LogP contribution in [0.1, 0.15) is 52.9 Å². The normalized spacial score (nSPS) is 52.6. The van der Waals surface area contributed by atoms with Gasteiger partial charge in [0.05, 0.1) is 12.2 Å². The fourth-order valence-corrected chi connectivity index (χ4v) is 8.00. The maximum absolute atomic E-state index is 17.2. The molecule has 5 rings (SSSR count). The molecule has 0 aromatic rings. The topological polar surface area (TPSA) is 93.1 Å². The molecule has 0 aromatic heterocycles. The van der Waals surface area contributed by atoms with Crippen LogP contribution in [0.25, 0.3) is 0 Å². The summed E-state index contributed by atoms with van der Waals surface area (Å²) in [6, 6.07) is 0. The van der Waals surface area contributed by atoms with Crippen molar-refractivity contribution in [2.24, 2.45) is 22.7 Å². The third kappa shape index (κ3) is 2.61. The minimum absolute atomic E-state index is 0.0613. The van der Waals surface area contributed by atoms with Crippen molar-refractivity contribution in [1.82, 2.24) is 0 Å². The predicted octanol–water partition coefficient (Wildman–Crippen LogP) is 2.76. The molecule has 0 radical (unpaired) electrons. The highest BCUT2D eigenvalue weighted by Gasteiger charge is 2.79. The number of carbonyl (C=O) groups is 2. The largest absolute Gasteiger partial charge is 0.390 e. The zero-order chi connectivity index (χ0) is 24.0. The van der Waals surface area contributed by atoms with E-state index in [1.807, 2.05) is 6.92 Å². The highest BCUT2D eigenvalue weighted by Crippen LogP contribution is 2.72. The Morgan fingerprint density at radius 3 is 2.67 bits per heavy atom. The smallest absolute Gasteiger partial charge is 0.193 e. The van der Waals surface area contributed by atoms with Crippen molar-refractivity contribution in [1.29, 1.82) is 0 Å². The summed E-state index contributed by atoms with van der Waals surface area (Å²) in [5, 5.41) is 21.2. The number of hydrogen-bond donors (Lipinski definition) is 2. The van der Waals surface area contributed by atoms with Crippen LogP contribution in [0.5, 0.6) is 0 Å². The van der Waals surface area contributed by atoms with Gasteiger partial charge in [-0.25, -0.2) is 8.78 Å². The van der Waals surface area contributed by atoms with E-state index in [4.69, 9.17) is 9.47 Å². The number of carbonyl (C=O) groups excluding carboxylic acids is 2. The van der Waals surface area contributed by atoms with Gasteiger partial charge in [-0.05, 0) is 56.3 Å². The van der Waals surface area contributed by atoms with E-state index < -0.39 is 76.8 Å². The molecule has 1 saturated heterocycles. The number of alkyl halides is 2. The van der Waals surface area contributed by atoms with Gasteiger partial charge in [0, 0.05) is 16.7 Å². The van der Waals surface area contributed by atoms with Gasteiger partial charge in [-0.3, -0.25) is 9.59 Å². The Morgan fingerprint density at radius 1 is 1.27 bits per heavy atom. The number of rotatable bonds is 4. The fourth-order valence-electron chi connectivity index (χ4n) is 8.00. The van der Waals surface area contributed by atoms with Gasteiger partial charge in [0.1, 0.15) is 12.8 Å². The molecule has 5 aliphatic rings. The lowest BCUT2D eigenvalue weighted by molar-refractivity contribution is -0.234. The molecule has 1 aliphatic heterocycles. The molecule has 182 valence electrons. The molecule has 0 spiro atoms. The summed E-state index contributed by atoms with van der Waals surface area (Å²) in [5.41, 5.74) is -6.22. The van der Waals surface area contributed by atoms with Crippen molar-refractivity contribution in [3.05, 3.63) is 23.8 Å². The van der Waals surface area contributed by atoms with Gasteiger partial charge in [-0.15, -0.1) is 0 Å². The van der Waals surface area contributed by atoms with Gasteiger partial charge in [0.25, 0.3) is 0 Å². The molecule has 3 unspecified atom stereocenters. The minimum atomic E-state index is -2.23. The lowest BCUT2D eigenvalue weighted by Gasteiger charge is -2.63. The van der Waals surface area contributed by atoms with E-state index in [1.165, 1.54) is 12.2 Å². The number of fused-ring (bicyclic) bond motifs is 7. The first-order chi connectivity index (χ1) is 15.5. The molecule has 4 aliphatic carbocycles. The zero-order valence-corrected chi connectivity index (χ0v) is 19.2. The number of ketones is 2. The van der Waals surface area contributed by atoms with Gasteiger partial charge >= 0.3 is 0 Å². The van der Waals surface area contributed by atoms with Crippen LogP contribution in [0.4, 0.5) is 8.78 Å². The van der Waals surface area contributed by atoms with E-state index in [0.717, 1.165) is 12.5 Å². The quantitative estimate of drug-likeness (QED) is 0.662. The van der Waals surface area contributed by atoms with Crippen LogP contribution in [0.15, 0.2) is 23.8 Å². The Morgan fingerprint density at radius 2 is 2.00 bits per heavy atom. The third-order valence-electron chi connectivity index (χ3n) is 9.50. The first-order valence-corrected chi connectivity index (χ1v) is 11.9. The molecule has 0 amide bonds. The number of allylic oxidation sites excluding steroid dienone is 4. The first-order valence-electron chi connectivity index (χ1n) is 11.9. The molecule has 6 nitrogen and oxygen atoms in total. The van der Waals surface area contributed by atoms with E-state index in [0.29, 0.717) is 6.42 Å². The standard InChI is InChI=1S/C25H32F2O6/c1-4-5-21-32-20-10-14-15-9-17(26)16-8-13(29)6-7-22(16,2)24(15,27)18(30)11-23(14,3)25(20,33-21)19(31)12-28/h6-8,14-15,17-18,20-21,28,30H,4-5,9-12H2,1-3H3/t14?,15?,17-,18-,20+,21?,22-,23-,24-,25+/m0/s1. The zero-order valence-electron chi connectivity index (χ0n) is 19.2. The molecule has 8 heteroatoms. The second-order valence-corrected chi connectivity index (χ2v) is 10.9. The van der Waals surface area contributed by atoms with E-state index in [9.17, 15) is 19.8 Å². The summed E-state index contributed by atoms with van der Waals surface area (Å²) < 4.78 is 45.0. The predicted molar refractivity (Wildman–Crippen MR) is 113 cm³/mol. The molecule has 2 N–H and O–H groups in total. The lowest BCUT2D eigenvalue weighted by Crippen LogP contribution is -2.70. The monoisotopic (exact) mass is 466 g/mol. The molecule has 1 heterocycles. The van der Waals surface area contributed by atoms with Crippen molar-refractivity contribution in [2.45, 2.75) is 88.8 Å². The van der Waals surface area contributed by atoms with Crippen LogP contribution in [0.3, 0.4) is 0 Å². The van der Waals surface area contributed by atoms with E-state index >= 15 is 8.78 Å². The maximum atomic E-state index is 17.2. The molecule has 10 atom stereocenters. The van der Waals surface area contributed by atoms with E-state index in [-0.39, 0.29) is 24.8 Å². The summed E-state index contributed by atoms with van der Waals surface area (Å²) in [6.07, 6.45) is 0.682. The number of aliphatic hydroxyl groups excluding tert-OH is 2. The maximum Gasteiger partial charge on any atom is 0.193 e. The molecule has 33 heavy (non-hydrogen) atoms. The Balaban J connectivity index is 1.62. The molecular formula is C25H32F2O6. The summed E-state index contributed by atoms with van der Waals surface area (Å²) in [5.74, 6) is -2.38. The Hall–Kier alpha value is -1.48. The van der Waals surface area contributed by atoms with Crippen LogP contribution in [-0.4, -0.2) is 64.3 Å². The van der Waals surface area contributed by atoms with Crippen LogP contribution in [-0.2, 0) is 19.1 Å². The Kier molecular flexibility index (Phi) is 5.12. The van der Waals surface area contributed by atoms with Crippen LogP contribution < -0.4 is 0 Å².